The summed E-state index contributed by atoms with van der Waals surface area (Å²) in [5, 5.41) is 0. The number of rotatable bonds is 3. The fourth-order valence-corrected chi connectivity index (χ4v) is 8.26. The lowest BCUT2D eigenvalue weighted by Gasteiger charge is -2.19. The first kappa shape index (κ1) is 13.0. The third-order valence-corrected chi connectivity index (χ3v) is 8.91. The summed E-state index contributed by atoms with van der Waals surface area (Å²) in [6.45, 7) is 8.72. The van der Waals surface area contributed by atoms with E-state index < -0.39 is 24.1 Å². The summed E-state index contributed by atoms with van der Waals surface area (Å²) in [5.41, 5.74) is 0. The van der Waals surface area contributed by atoms with Crippen molar-refractivity contribution in [1.29, 1.82) is 0 Å². The van der Waals surface area contributed by atoms with E-state index in [1.54, 1.807) is 14.6 Å². The second-order valence-corrected chi connectivity index (χ2v) is 8.98. The van der Waals surface area contributed by atoms with Crippen LogP contribution in [0.3, 0.4) is 0 Å². The third kappa shape index (κ3) is 2.75. The van der Waals surface area contributed by atoms with Crippen LogP contribution in [0.15, 0.2) is 14.3 Å². The van der Waals surface area contributed by atoms with Crippen molar-refractivity contribution in [3.63, 3.8) is 0 Å². The van der Waals surface area contributed by atoms with E-state index in [2.05, 4.69) is 34.4 Å². The molecule has 1 aliphatic heterocycles. The van der Waals surface area contributed by atoms with Gasteiger partial charge in [0.15, 0.2) is 0 Å². The summed E-state index contributed by atoms with van der Waals surface area (Å²) < 4.78 is 50.1. The average Bonchev–Trinajstić information content (AvgIpc) is 2.16. The minimum absolute atomic E-state index is 1.80. The largest absolute Gasteiger partial charge is 0.543 e. The molecule has 0 aromatic heterocycles. The quantitative estimate of drug-likeness (QED) is 0.549. The predicted octanol–water partition coefficient (Wildman–Crippen LogP) is 2.81. The van der Waals surface area contributed by atoms with Gasteiger partial charge in [-0.25, -0.2) is 0 Å². The maximum absolute atomic E-state index is 13.7. The Labute approximate surface area is 86.4 Å². The van der Waals surface area contributed by atoms with Crippen LogP contribution < -0.4 is 14.6 Å². The van der Waals surface area contributed by atoms with Crippen molar-refractivity contribution in [1.82, 2.24) is 14.6 Å². The number of halogens is 3. The number of nitrogens with zero attached hydrogens (tertiary/aromatic N) is 3. The lowest BCUT2D eigenvalue weighted by atomic mass is 11.8. The zero-order chi connectivity index (χ0) is 11.7. The molecule has 12 heteroatoms. The summed E-state index contributed by atoms with van der Waals surface area (Å²) in [7, 11) is -12.3. The van der Waals surface area contributed by atoms with Gasteiger partial charge in [-0.05, 0) is 0 Å². The van der Waals surface area contributed by atoms with Crippen LogP contribution >= 0.6 is 24.1 Å². The summed E-state index contributed by atoms with van der Waals surface area (Å²) in [5.74, 6) is 0. The van der Waals surface area contributed by atoms with Crippen molar-refractivity contribution < 1.29 is 12.6 Å². The van der Waals surface area contributed by atoms with Gasteiger partial charge >= 0.3 is 24.1 Å². The summed E-state index contributed by atoms with van der Waals surface area (Å²) in [4.78, 5) is 5.41. The average molecular weight is 279 g/mol. The van der Waals surface area contributed by atoms with Gasteiger partial charge in [0, 0.05) is 32.7 Å². The Hall–Kier alpha value is -0.0300. The van der Waals surface area contributed by atoms with Gasteiger partial charge in [-0.3, -0.25) is 0 Å². The smallest absolute Gasteiger partial charge is 0.0651 e. The van der Waals surface area contributed by atoms with E-state index in [-0.39, 0.29) is 0 Å². The van der Waals surface area contributed by atoms with Crippen LogP contribution in [0, 0.1) is 0 Å². The topological polar surface area (TPSA) is 73.2 Å². The lowest BCUT2D eigenvalue weighted by Crippen LogP contribution is -2.36. The fourth-order valence-electron chi connectivity index (χ4n) is 0.784. The standard InChI is InChI=1S/C3H9F3N6P3/c1-7-13(4)10-14(5,8-2)12-15(6,9-3)11-13/h10-12H,1-3H2/q+3. The van der Waals surface area contributed by atoms with Crippen molar-refractivity contribution >= 4 is 44.2 Å². The van der Waals surface area contributed by atoms with Crippen molar-refractivity contribution in [2.75, 3.05) is 0 Å². The predicted molar refractivity (Wildman–Crippen MR) is 62.1 cm³/mol. The molecule has 0 atom stereocenters. The Kier molecular flexibility index (Phi) is 3.55. The minimum Gasteiger partial charge on any atom is -0.0651 e. The second kappa shape index (κ2) is 4.09. The molecule has 1 rings (SSSR count). The molecule has 0 aromatic carbocycles. The van der Waals surface area contributed by atoms with Crippen molar-refractivity contribution in [3.8, 4) is 0 Å². The number of hydrogen-bond acceptors (Lipinski definition) is 6. The van der Waals surface area contributed by atoms with Gasteiger partial charge in [-0.1, -0.05) is 14.3 Å². The molecule has 0 spiro atoms. The van der Waals surface area contributed by atoms with Gasteiger partial charge < -0.3 is 0 Å². The van der Waals surface area contributed by atoms with Gasteiger partial charge in [0.05, 0.1) is 14.6 Å². The monoisotopic (exact) mass is 279 g/mol. The molecule has 0 saturated carbocycles. The van der Waals surface area contributed by atoms with Crippen LogP contribution in [0.5, 0.6) is 0 Å². The molecule has 3 N–H and O–H groups in total. The first-order valence-electron chi connectivity index (χ1n) is 3.40. The highest BCUT2D eigenvalue weighted by atomic mass is 31.3. The van der Waals surface area contributed by atoms with Gasteiger partial charge in [-0.15, -0.1) is 0 Å². The van der Waals surface area contributed by atoms with Crippen molar-refractivity contribution in [3.05, 3.63) is 0 Å². The number of hydrogen-bond donors (Lipinski definition) is 3. The van der Waals surface area contributed by atoms with E-state index >= 15 is 0 Å². The Balaban J connectivity index is 3.07. The first-order chi connectivity index (χ1) is 6.80. The highest BCUT2D eigenvalue weighted by molar-refractivity contribution is 7.95. The molecule has 0 aliphatic carbocycles. The van der Waals surface area contributed by atoms with Gasteiger partial charge in [0.2, 0.25) is 0 Å². The molecule has 6 nitrogen and oxygen atoms in total. The highest BCUT2D eigenvalue weighted by Crippen LogP contribution is 2.82. The molecule has 0 amide bonds. The van der Waals surface area contributed by atoms with E-state index in [4.69, 9.17) is 0 Å². The maximum atomic E-state index is 13.7. The molecule has 1 saturated heterocycles. The Morgan fingerprint density at radius 3 is 1.00 bits per heavy atom. The van der Waals surface area contributed by atoms with Crippen LogP contribution in [-0.4, -0.2) is 20.2 Å². The SMILES string of the molecule is C=N[P+]1(F)N[P+](F)(N=C)N[P+](F)(N=C)N1. The van der Waals surface area contributed by atoms with E-state index in [9.17, 15) is 12.6 Å². The zero-order valence-corrected chi connectivity index (χ0v) is 10.1. The minimum atomic E-state index is -4.09. The third-order valence-electron chi connectivity index (χ3n) is 1.38. The summed E-state index contributed by atoms with van der Waals surface area (Å²) in [6.07, 6.45) is 0. The van der Waals surface area contributed by atoms with E-state index in [1.807, 2.05) is 0 Å². The molecular formula is C3H9F3N6P3+3. The van der Waals surface area contributed by atoms with Crippen molar-refractivity contribution in [2.24, 2.45) is 14.3 Å². The molecule has 0 aromatic rings. The summed E-state index contributed by atoms with van der Waals surface area (Å²) in [6, 6.07) is 0. The first-order valence-corrected chi connectivity index (χ1v) is 8.29. The molecule has 0 bridgehead atoms. The molecule has 15 heavy (non-hydrogen) atoms. The molecule has 1 fully saturated rings. The molecule has 0 radical (unpaired) electrons. The van der Waals surface area contributed by atoms with E-state index in [1.165, 1.54) is 0 Å². The van der Waals surface area contributed by atoms with Crippen LogP contribution in [0.2, 0.25) is 0 Å². The van der Waals surface area contributed by atoms with Crippen LogP contribution in [0.4, 0.5) is 12.6 Å². The van der Waals surface area contributed by atoms with E-state index in [0.717, 1.165) is 0 Å². The molecular weight excluding hydrogens is 270 g/mol. The highest BCUT2D eigenvalue weighted by Gasteiger charge is 2.78. The van der Waals surface area contributed by atoms with Crippen LogP contribution in [0.1, 0.15) is 0 Å². The van der Waals surface area contributed by atoms with Crippen molar-refractivity contribution in [2.45, 2.75) is 0 Å². The van der Waals surface area contributed by atoms with Gasteiger partial charge in [0.1, 0.15) is 0 Å². The van der Waals surface area contributed by atoms with Gasteiger partial charge in [0.25, 0.3) is 0 Å². The molecule has 1 heterocycles. The zero-order valence-electron chi connectivity index (χ0n) is 7.44. The second-order valence-electron chi connectivity index (χ2n) is 2.39. The Bertz CT molecular complexity index is 258. The normalized spacial score (nSPS) is 45.8. The van der Waals surface area contributed by atoms with Crippen LogP contribution in [-0.2, 0) is 0 Å². The number of nitrogens with one attached hydrogen (secondary N) is 3. The summed E-state index contributed by atoms with van der Waals surface area (Å²) >= 11 is 0. The Morgan fingerprint density at radius 2 is 0.867 bits per heavy atom. The lowest BCUT2D eigenvalue weighted by molar-refractivity contribution is 0.747. The van der Waals surface area contributed by atoms with Gasteiger partial charge in [-0.2, -0.15) is 0 Å². The Morgan fingerprint density at radius 1 is 0.667 bits per heavy atom. The molecule has 0 unspecified atom stereocenters. The molecule has 84 valence electrons. The molecule has 1 aliphatic rings. The fraction of sp³-hybridized carbons (Fsp3) is 0. The van der Waals surface area contributed by atoms with Crippen LogP contribution in [0.25, 0.3) is 0 Å². The van der Waals surface area contributed by atoms with E-state index in [0.29, 0.717) is 0 Å². The maximum Gasteiger partial charge on any atom is 0.543 e.